The second kappa shape index (κ2) is 7.66. The highest BCUT2D eigenvalue weighted by molar-refractivity contribution is 9.10. The van der Waals surface area contributed by atoms with E-state index in [9.17, 15) is 4.79 Å². The molecule has 0 saturated heterocycles. The van der Waals surface area contributed by atoms with Crippen molar-refractivity contribution in [1.29, 1.82) is 0 Å². The van der Waals surface area contributed by atoms with Crippen LogP contribution in [0.2, 0.25) is 0 Å². The van der Waals surface area contributed by atoms with Crippen LogP contribution in [0.25, 0.3) is 0 Å². The van der Waals surface area contributed by atoms with Gasteiger partial charge in [-0.05, 0) is 42.7 Å². The molecule has 102 valence electrons. The lowest BCUT2D eigenvalue weighted by atomic mass is 10.3. The summed E-state index contributed by atoms with van der Waals surface area (Å²) in [6, 6.07) is 0. The molecule has 0 saturated carbocycles. The average molecular weight is 318 g/mol. The summed E-state index contributed by atoms with van der Waals surface area (Å²) in [4.78, 5) is 15.7. The minimum Gasteiger partial charge on any atom is -0.385 e. The standard InChI is InChI=1S/C12H20BrN3O2/c1-9-11(13)10(2)16(12(17)15-9)7-6-14-5-4-8-18-3/h14H,4-8H2,1-3H3. The molecule has 0 amide bonds. The lowest BCUT2D eigenvalue weighted by Crippen LogP contribution is -2.31. The van der Waals surface area contributed by atoms with E-state index < -0.39 is 0 Å². The van der Waals surface area contributed by atoms with E-state index in [4.69, 9.17) is 4.74 Å². The fourth-order valence-electron chi connectivity index (χ4n) is 1.70. The summed E-state index contributed by atoms with van der Waals surface area (Å²) in [6.45, 7) is 6.77. The summed E-state index contributed by atoms with van der Waals surface area (Å²) >= 11 is 3.45. The Kier molecular flexibility index (Phi) is 6.52. The molecule has 5 nitrogen and oxygen atoms in total. The Bertz CT molecular complexity index is 446. The van der Waals surface area contributed by atoms with Crippen LogP contribution in [-0.4, -0.2) is 36.4 Å². The Hall–Kier alpha value is -0.720. The van der Waals surface area contributed by atoms with Crippen LogP contribution in [0.5, 0.6) is 0 Å². The summed E-state index contributed by atoms with van der Waals surface area (Å²) in [5.74, 6) is 0. The topological polar surface area (TPSA) is 56.1 Å². The molecule has 0 fully saturated rings. The molecule has 0 aliphatic heterocycles. The van der Waals surface area contributed by atoms with Gasteiger partial charge in [-0.15, -0.1) is 0 Å². The fourth-order valence-corrected chi connectivity index (χ4v) is 2.00. The van der Waals surface area contributed by atoms with Crippen molar-refractivity contribution in [2.75, 3.05) is 26.8 Å². The number of halogens is 1. The number of aryl methyl sites for hydroxylation is 1. The molecule has 0 unspecified atom stereocenters. The van der Waals surface area contributed by atoms with Crippen LogP contribution in [0.1, 0.15) is 17.8 Å². The summed E-state index contributed by atoms with van der Waals surface area (Å²) in [6.07, 6.45) is 0.972. The summed E-state index contributed by atoms with van der Waals surface area (Å²) in [7, 11) is 1.69. The zero-order chi connectivity index (χ0) is 13.5. The number of methoxy groups -OCH3 is 1. The lowest BCUT2D eigenvalue weighted by Gasteiger charge is -2.12. The number of nitrogens with zero attached hydrogens (tertiary/aromatic N) is 2. The van der Waals surface area contributed by atoms with Crippen LogP contribution in [0.15, 0.2) is 9.27 Å². The highest BCUT2D eigenvalue weighted by Crippen LogP contribution is 2.16. The maximum Gasteiger partial charge on any atom is 0.348 e. The summed E-state index contributed by atoms with van der Waals surface area (Å²) in [5.41, 5.74) is 1.47. The van der Waals surface area contributed by atoms with E-state index in [2.05, 4.69) is 26.2 Å². The van der Waals surface area contributed by atoms with E-state index in [1.165, 1.54) is 0 Å². The van der Waals surface area contributed by atoms with Crippen molar-refractivity contribution in [3.05, 3.63) is 26.3 Å². The van der Waals surface area contributed by atoms with Crippen molar-refractivity contribution in [2.45, 2.75) is 26.8 Å². The molecule has 0 radical (unpaired) electrons. The number of aromatic nitrogens is 2. The predicted molar refractivity (Wildman–Crippen MR) is 75.0 cm³/mol. The van der Waals surface area contributed by atoms with Gasteiger partial charge in [-0.1, -0.05) is 0 Å². The molecule has 18 heavy (non-hydrogen) atoms. The minimum absolute atomic E-state index is 0.188. The van der Waals surface area contributed by atoms with Crippen molar-refractivity contribution in [1.82, 2.24) is 14.9 Å². The minimum atomic E-state index is -0.188. The van der Waals surface area contributed by atoms with E-state index >= 15 is 0 Å². The highest BCUT2D eigenvalue weighted by Gasteiger charge is 2.08. The number of nitrogens with one attached hydrogen (secondary N) is 1. The molecule has 1 aromatic rings. The van der Waals surface area contributed by atoms with Gasteiger partial charge in [0.2, 0.25) is 0 Å². The first-order chi connectivity index (χ1) is 8.57. The summed E-state index contributed by atoms with van der Waals surface area (Å²) in [5, 5.41) is 3.27. The maximum absolute atomic E-state index is 11.8. The van der Waals surface area contributed by atoms with Gasteiger partial charge in [0, 0.05) is 32.5 Å². The van der Waals surface area contributed by atoms with Crippen LogP contribution in [0, 0.1) is 13.8 Å². The van der Waals surface area contributed by atoms with E-state index in [1.54, 1.807) is 11.7 Å². The molecule has 1 N–H and O–H groups in total. The largest absolute Gasteiger partial charge is 0.385 e. The Labute approximate surface area is 116 Å². The first kappa shape index (κ1) is 15.3. The van der Waals surface area contributed by atoms with E-state index in [0.717, 1.165) is 42.0 Å². The third-order valence-electron chi connectivity index (χ3n) is 2.75. The van der Waals surface area contributed by atoms with Gasteiger partial charge in [-0.2, -0.15) is 4.98 Å². The Morgan fingerprint density at radius 2 is 2.11 bits per heavy atom. The number of hydrogen-bond acceptors (Lipinski definition) is 4. The molecule has 0 aliphatic rings. The molecule has 6 heteroatoms. The van der Waals surface area contributed by atoms with Gasteiger partial charge in [-0.25, -0.2) is 4.79 Å². The molecule has 0 atom stereocenters. The molecule has 1 heterocycles. The third kappa shape index (κ3) is 4.19. The molecule has 1 rings (SSSR count). The molecule has 0 aromatic carbocycles. The quantitative estimate of drug-likeness (QED) is 0.769. The second-order valence-corrected chi connectivity index (χ2v) is 4.92. The van der Waals surface area contributed by atoms with Crippen LogP contribution >= 0.6 is 15.9 Å². The first-order valence-corrected chi connectivity index (χ1v) is 6.80. The molecular formula is C12H20BrN3O2. The van der Waals surface area contributed by atoms with Crippen molar-refractivity contribution in [3.63, 3.8) is 0 Å². The highest BCUT2D eigenvalue weighted by atomic mass is 79.9. The van der Waals surface area contributed by atoms with E-state index in [0.29, 0.717) is 6.54 Å². The van der Waals surface area contributed by atoms with Crippen molar-refractivity contribution in [3.8, 4) is 0 Å². The Morgan fingerprint density at radius 1 is 1.39 bits per heavy atom. The molecule has 1 aromatic heterocycles. The Morgan fingerprint density at radius 3 is 2.78 bits per heavy atom. The summed E-state index contributed by atoms with van der Waals surface area (Å²) < 4.78 is 7.55. The monoisotopic (exact) mass is 317 g/mol. The normalized spacial score (nSPS) is 10.9. The zero-order valence-electron chi connectivity index (χ0n) is 11.1. The van der Waals surface area contributed by atoms with Gasteiger partial charge >= 0.3 is 5.69 Å². The van der Waals surface area contributed by atoms with Crippen molar-refractivity contribution in [2.24, 2.45) is 0 Å². The van der Waals surface area contributed by atoms with Gasteiger partial charge in [0.25, 0.3) is 0 Å². The van der Waals surface area contributed by atoms with Crippen LogP contribution in [0.3, 0.4) is 0 Å². The number of rotatable bonds is 7. The lowest BCUT2D eigenvalue weighted by molar-refractivity contribution is 0.194. The van der Waals surface area contributed by atoms with Gasteiger partial charge in [-0.3, -0.25) is 4.57 Å². The Balaban J connectivity index is 2.53. The molecular weight excluding hydrogens is 298 g/mol. The zero-order valence-corrected chi connectivity index (χ0v) is 12.7. The SMILES string of the molecule is COCCCNCCn1c(C)c(Br)c(C)nc1=O. The smallest absolute Gasteiger partial charge is 0.348 e. The number of hydrogen-bond donors (Lipinski definition) is 1. The van der Waals surface area contributed by atoms with Crippen molar-refractivity contribution >= 4 is 15.9 Å². The van der Waals surface area contributed by atoms with Crippen LogP contribution in [0.4, 0.5) is 0 Å². The first-order valence-electron chi connectivity index (χ1n) is 6.01. The van der Waals surface area contributed by atoms with Gasteiger partial charge in [0.1, 0.15) is 0 Å². The van der Waals surface area contributed by atoms with Gasteiger partial charge in [0.05, 0.1) is 10.2 Å². The van der Waals surface area contributed by atoms with Crippen molar-refractivity contribution < 1.29 is 4.74 Å². The van der Waals surface area contributed by atoms with Gasteiger partial charge < -0.3 is 10.1 Å². The predicted octanol–water partition coefficient (Wildman–Crippen LogP) is 1.25. The average Bonchev–Trinajstić information content (AvgIpc) is 2.34. The second-order valence-electron chi connectivity index (χ2n) is 4.13. The maximum atomic E-state index is 11.8. The van der Waals surface area contributed by atoms with Gasteiger partial charge in [0.15, 0.2) is 0 Å². The van der Waals surface area contributed by atoms with E-state index in [-0.39, 0.29) is 5.69 Å². The van der Waals surface area contributed by atoms with Crippen LogP contribution < -0.4 is 11.0 Å². The number of ether oxygens (including phenoxy) is 1. The third-order valence-corrected chi connectivity index (χ3v) is 3.90. The van der Waals surface area contributed by atoms with E-state index in [1.807, 2.05) is 13.8 Å². The molecule has 0 aliphatic carbocycles. The molecule has 0 bridgehead atoms. The van der Waals surface area contributed by atoms with Crippen LogP contribution in [-0.2, 0) is 11.3 Å². The molecule has 0 spiro atoms. The fraction of sp³-hybridized carbons (Fsp3) is 0.667.